The van der Waals surface area contributed by atoms with Crippen molar-refractivity contribution in [3.05, 3.63) is 63.9 Å². The number of carbonyl (C=O) groups is 1. The number of benzene rings is 2. The zero-order valence-corrected chi connectivity index (χ0v) is 13.2. The van der Waals surface area contributed by atoms with E-state index in [0.717, 1.165) is 24.1 Å². The van der Waals surface area contributed by atoms with Gasteiger partial charge in [0, 0.05) is 16.2 Å². The molecule has 2 nitrogen and oxygen atoms in total. The van der Waals surface area contributed by atoms with Gasteiger partial charge in [-0.3, -0.25) is 4.79 Å². The van der Waals surface area contributed by atoms with E-state index in [4.69, 9.17) is 0 Å². The van der Waals surface area contributed by atoms with Gasteiger partial charge < -0.3 is 4.90 Å². The van der Waals surface area contributed by atoms with Gasteiger partial charge >= 0.3 is 0 Å². The lowest BCUT2D eigenvalue weighted by molar-refractivity contribution is 0.0974. The molecule has 2 aromatic rings. The summed E-state index contributed by atoms with van der Waals surface area (Å²) in [5.74, 6) is -0.569. The Morgan fingerprint density at radius 2 is 2.05 bits per heavy atom. The average molecular weight is 348 g/mol. The summed E-state index contributed by atoms with van der Waals surface area (Å²) >= 11 is 3.34. The van der Waals surface area contributed by atoms with Crippen LogP contribution >= 0.6 is 15.9 Å². The minimum atomic E-state index is -0.403. The summed E-state index contributed by atoms with van der Waals surface area (Å²) in [7, 11) is 0. The molecule has 0 saturated carbocycles. The maximum absolute atomic E-state index is 13.5. The molecule has 1 atom stereocenters. The minimum absolute atomic E-state index is 0.0996. The van der Waals surface area contributed by atoms with Gasteiger partial charge in [0.2, 0.25) is 0 Å². The van der Waals surface area contributed by atoms with Crippen molar-refractivity contribution in [3.8, 4) is 0 Å². The summed E-state index contributed by atoms with van der Waals surface area (Å²) in [6.07, 6.45) is 1.88. The summed E-state index contributed by atoms with van der Waals surface area (Å²) in [6, 6.07) is 12.2. The molecule has 1 heterocycles. The second-order valence-corrected chi connectivity index (χ2v) is 6.17. The Bertz CT molecular complexity index is 701. The van der Waals surface area contributed by atoms with Crippen LogP contribution in [0.15, 0.2) is 46.9 Å². The molecular formula is C17H15BrFNO. The molecule has 108 valence electrons. The van der Waals surface area contributed by atoms with Crippen molar-refractivity contribution in [1.29, 1.82) is 0 Å². The number of aryl methyl sites for hydroxylation is 1. The topological polar surface area (TPSA) is 20.3 Å². The molecule has 1 unspecified atom stereocenters. The minimum Gasteiger partial charge on any atom is -0.305 e. The highest BCUT2D eigenvalue weighted by Gasteiger charge is 2.29. The summed E-state index contributed by atoms with van der Waals surface area (Å²) in [5.41, 5.74) is 2.45. The standard InChI is InChI=1S/C17H15BrFNO/c1-11-6-7-12-4-2-3-5-16(12)20(11)17(21)14-10-13(19)8-9-15(14)18/h2-5,8-11H,6-7H2,1H3. The van der Waals surface area contributed by atoms with Crippen LogP contribution in [0.25, 0.3) is 0 Å². The van der Waals surface area contributed by atoms with Crippen LogP contribution in [-0.2, 0) is 6.42 Å². The van der Waals surface area contributed by atoms with Crippen molar-refractivity contribution in [1.82, 2.24) is 0 Å². The molecule has 0 radical (unpaired) electrons. The number of hydrogen-bond acceptors (Lipinski definition) is 1. The van der Waals surface area contributed by atoms with E-state index >= 15 is 0 Å². The van der Waals surface area contributed by atoms with Gasteiger partial charge in [0.05, 0.1) is 5.56 Å². The quantitative estimate of drug-likeness (QED) is 0.739. The first-order valence-electron chi connectivity index (χ1n) is 6.94. The normalized spacial score (nSPS) is 17.5. The van der Waals surface area contributed by atoms with E-state index in [2.05, 4.69) is 15.9 Å². The smallest absolute Gasteiger partial charge is 0.259 e. The Morgan fingerprint density at radius 3 is 2.86 bits per heavy atom. The van der Waals surface area contributed by atoms with Crippen molar-refractivity contribution in [3.63, 3.8) is 0 Å². The Hall–Kier alpha value is -1.68. The molecule has 0 N–H and O–H groups in total. The van der Waals surface area contributed by atoms with Crippen molar-refractivity contribution in [2.24, 2.45) is 0 Å². The van der Waals surface area contributed by atoms with Crippen LogP contribution in [0.2, 0.25) is 0 Å². The van der Waals surface area contributed by atoms with E-state index in [1.165, 1.54) is 12.1 Å². The number of hydrogen-bond donors (Lipinski definition) is 0. The van der Waals surface area contributed by atoms with Gasteiger partial charge in [0.25, 0.3) is 5.91 Å². The van der Waals surface area contributed by atoms with Crippen LogP contribution in [0.5, 0.6) is 0 Å². The van der Waals surface area contributed by atoms with Crippen LogP contribution < -0.4 is 4.90 Å². The molecule has 0 aromatic heterocycles. The second-order valence-electron chi connectivity index (χ2n) is 5.32. The van der Waals surface area contributed by atoms with Gasteiger partial charge in [0.1, 0.15) is 5.82 Å². The molecular weight excluding hydrogens is 333 g/mol. The fraction of sp³-hybridized carbons (Fsp3) is 0.235. The van der Waals surface area contributed by atoms with Crippen LogP contribution in [0.4, 0.5) is 10.1 Å². The van der Waals surface area contributed by atoms with Gasteiger partial charge in [-0.25, -0.2) is 4.39 Å². The van der Waals surface area contributed by atoms with Crippen molar-refractivity contribution in [2.75, 3.05) is 4.90 Å². The number of carbonyl (C=O) groups excluding carboxylic acids is 1. The number of nitrogens with zero attached hydrogens (tertiary/aromatic N) is 1. The SMILES string of the molecule is CC1CCc2ccccc2N1C(=O)c1cc(F)ccc1Br. The van der Waals surface area contributed by atoms with Crippen LogP contribution in [0.1, 0.15) is 29.3 Å². The van der Waals surface area contributed by atoms with E-state index in [1.807, 2.05) is 31.2 Å². The Labute approximate surface area is 131 Å². The molecule has 1 aliphatic heterocycles. The van der Waals surface area contributed by atoms with E-state index in [9.17, 15) is 9.18 Å². The summed E-state index contributed by atoms with van der Waals surface area (Å²) in [5, 5.41) is 0. The maximum atomic E-state index is 13.5. The van der Waals surface area contributed by atoms with Gasteiger partial charge in [-0.1, -0.05) is 18.2 Å². The molecule has 1 amide bonds. The lowest BCUT2D eigenvalue weighted by atomic mass is 9.96. The Kier molecular flexibility index (Phi) is 3.81. The number of amides is 1. The van der Waals surface area contributed by atoms with E-state index < -0.39 is 5.82 Å². The zero-order valence-electron chi connectivity index (χ0n) is 11.6. The van der Waals surface area contributed by atoms with E-state index in [0.29, 0.717) is 10.0 Å². The summed E-state index contributed by atoms with van der Waals surface area (Å²) < 4.78 is 14.1. The molecule has 0 bridgehead atoms. The molecule has 4 heteroatoms. The number of para-hydroxylation sites is 1. The van der Waals surface area contributed by atoms with Crippen molar-refractivity contribution in [2.45, 2.75) is 25.8 Å². The van der Waals surface area contributed by atoms with E-state index in [-0.39, 0.29) is 11.9 Å². The van der Waals surface area contributed by atoms with Gasteiger partial charge in [-0.15, -0.1) is 0 Å². The molecule has 0 saturated heterocycles. The number of fused-ring (bicyclic) bond motifs is 1. The van der Waals surface area contributed by atoms with Crippen LogP contribution in [0.3, 0.4) is 0 Å². The van der Waals surface area contributed by atoms with Crippen molar-refractivity contribution < 1.29 is 9.18 Å². The summed E-state index contributed by atoms with van der Waals surface area (Å²) in [4.78, 5) is 14.7. The van der Waals surface area contributed by atoms with Crippen molar-refractivity contribution >= 4 is 27.5 Å². The largest absolute Gasteiger partial charge is 0.305 e. The molecule has 0 spiro atoms. The fourth-order valence-corrected chi connectivity index (χ4v) is 3.21. The third-order valence-electron chi connectivity index (χ3n) is 3.90. The zero-order chi connectivity index (χ0) is 15.0. The molecule has 0 fully saturated rings. The monoisotopic (exact) mass is 347 g/mol. The van der Waals surface area contributed by atoms with Crippen LogP contribution in [0, 0.1) is 5.82 Å². The maximum Gasteiger partial charge on any atom is 0.259 e. The average Bonchev–Trinajstić information content (AvgIpc) is 2.49. The Balaban J connectivity index is 2.07. The van der Waals surface area contributed by atoms with E-state index in [1.54, 1.807) is 11.0 Å². The predicted octanol–water partition coefficient (Wildman–Crippen LogP) is 4.57. The lowest BCUT2D eigenvalue weighted by Crippen LogP contribution is -2.42. The highest BCUT2D eigenvalue weighted by Crippen LogP contribution is 2.33. The first kappa shape index (κ1) is 14.3. The van der Waals surface area contributed by atoms with Gasteiger partial charge in [-0.05, 0) is 65.5 Å². The van der Waals surface area contributed by atoms with Gasteiger partial charge in [0.15, 0.2) is 0 Å². The number of anilines is 1. The fourth-order valence-electron chi connectivity index (χ4n) is 2.79. The molecule has 3 rings (SSSR count). The Morgan fingerprint density at radius 1 is 1.29 bits per heavy atom. The number of halogens is 2. The molecule has 0 aliphatic carbocycles. The summed E-state index contributed by atoms with van der Waals surface area (Å²) in [6.45, 7) is 2.03. The highest BCUT2D eigenvalue weighted by atomic mass is 79.9. The third kappa shape index (κ3) is 2.60. The molecule has 1 aliphatic rings. The van der Waals surface area contributed by atoms with Crippen LogP contribution in [-0.4, -0.2) is 11.9 Å². The van der Waals surface area contributed by atoms with Gasteiger partial charge in [-0.2, -0.15) is 0 Å². The number of rotatable bonds is 1. The highest BCUT2D eigenvalue weighted by molar-refractivity contribution is 9.10. The first-order valence-corrected chi connectivity index (χ1v) is 7.74. The molecule has 2 aromatic carbocycles. The predicted molar refractivity (Wildman–Crippen MR) is 85.1 cm³/mol. The third-order valence-corrected chi connectivity index (χ3v) is 4.59. The molecule has 21 heavy (non-hydrogen) atoms. The lowest BCUT2D eigenvalue weighted by Gasteiger charge is -2.35. The second kappa shape index (κ2) is 5.60. The first-order chi connectivity index (χ1) is 10.1.